The van der Waals surface area contributed by atoms with Gasteiger partial charge in [-0.3, -0.25) is 4.79 Å². The quantitative estimate of drug-likeness (QED) is 0.604. The van der Waals surface area contributed by atoms with Crippen LogP contribution >= 0.6 is 0 Å². The number of para-hydroxylation sites is 1. The van der Waals surface area contributed by atoms with Crippen LogP contribution in [0.2, 0.25) is 0 Å². The molecule has 6 nitrogen and oxygen atoms in total. The molecule has 0 spiro atoms. The summed E-state index contributed by atoms with van der Waals surface area (Å²) in [5, 5.41) is 8.47. The number of hydrogen-bond acceptors (Lipinski definition) is 4. The van der Waals surface area contributed by atoms with Gasteiger partial charge >= 0.3 is 0 Å². The Hall–Kier alpha value is -3.15. The summed E-state index contributed by atoms with van der Waals surface area (Å²) in [7, 11) is 0. The van der Waals surface area contributed by atoms with Crippen molar-refractivity contribution in [1.82, 2.24) is 19.7 Å². The molecule has 0 N–H and O–H groups in total. The molecule has 0 saturated carbocycles. The number of benzene rings is 2. The number of likely N-dealkylation sites (tertiary alicyclic amines) is 1. The van der Waals surface area contributed by atoms with Crippen molar-refractivity contribution < 1.29 is 9.53 Å². The normalized spacial score (nSPS) is 15.7. The molecule has 2 heterocycles. The second-order valence-electron chi connectivity index (χ2n) is 7.91. The second-order valence-corrected chi connectivity index (χ2v) is 7.91. The zero-order chi connectivity index (χ0) is 20.8. The van der Waals surface area contributed by atoms with E-state index in [1.165, 1.54) is 5.56 Å². The Labute approximate surface area is 177 Å². The third-order valence-electron chi connectivity index (χ3n) is 5.69. The molecule has 2 aromatic carbocycles. The van der Waals surface area contributed by atoms with Gasteiger partial charge in [-0.2, -0.15) is 0 Å². The topological polar surface area (TPSA) is 60.2 Å². The number of nitrogens with zero attached hydrogens (tertiary/aromatic N) is 4. The summed E-state index contributed by atoms with van der Waals surface area (Å²) < 4.78 is 7.93. The lowest BCUT2D eigenvalue weighted by atomic mass is 9.93. The summed E-state index contributed by atoms with van der Waals surface area (Å²) in [6.07, 6.45) is 4.18. The summed E-state index contributed by atoms with van der Waals surface area (Å²) in [4.78, 5) is 14.7. The van der Waals surface area contributed by atoms with Gasteiger partial charge in [0, 0.05) is 19.5 Å². The van der Waals surface area contributed by atoms with Crippen molar-refractivity contribution in [2.45, 2.75) is 38.8 Å². The highest BCUT2D eigenvalue weighted by Crippen LogP contribution is 2.22. The Morgan fingerprint density at radius 1 is 1.07 bits per heavy atom. The fourth-order valence-corrected chi connectivity index (χ4v) is 3.98. The first-order valence-corrected chi connectivity index (χ1v) is 10.6. The fourth-order valence-electron chi connectivity index (χ4n) is 3.98. The van der Waals surface area contributed by atoms with Crippen molar-refractivity contribution >= 4 is 5.91 Å². The summed E-state index contributed by atoms with van der Waals surface area (Å²) >= 11 is 0. The summed E-state index contributed by atoms with van der Waals surface area (Å²) in [5.74, 6) is 2.32. The monoisotopic (exact) mass is 404 g/mol. The Balaban J connectivity index is 1.28. The fraction of sp³-hybridized carbons (Fsp3) is 0.375. The molecule has 1 aromatic heterocycles. The van der Waals surface area contributed by atoms with Crippen molar-refractivity contribution in [1.29, 1.82) is 0 Å². The van der Waals surface area contributed by atoms with E-state index in [4.69, 9.17) is 4.74 Å². The van der Waals surface area contributed by atoms with Crippen LogP contribution in [0.1, 0.15) is 31.2 Å². The van der Waals surface area contributed by atoms with Crippen LogP contribution in [0.3, 0.4) is 0 Å². The van der Waals surface area contributed by atoms with Crippen LogP contribution < -0.4 is 4.74 Å². The van der Waals surface area contributed by atoms with Gasteiger partial charge in [-0.05, 0) is 43.4 Å². The number of hydrogen-bond donors (Lipinski definition) is 0. The summed E-state index contributed by atoms with van der Waals surface area (Å²) in [6.45, 7) is 4.14. The maximum absolute atomic E-state index is 12.8. The SMILES string of the molecule is CC(Oc1ccccc1)C(=O)N1CCC(Cc2nncn2Cc2ccccc2)CC1. The molecule has 1 fully saturated rings. The highest BCUT2D eigenvalue weighted by molar-refractivity contribution is 5.81. The van der Waals surface area contributed by atoms with E-state index in [2.05, 4.69) is 39.0 Å². The van der Waals surface area contributed by atoms with Gasteiger partial charge in [-0.15, -0.1) is 10.2 Å². The number of rotatable bonds is 7. The Morgan fingerprint density at radius 3 is 2.43 bits per heavy atom. The lowest BCUT2D eigenvalue weighted by Crippen LogP contribution is -2.45. The number of ether oxygens (including phenoxy) is 1. The molecule has 1 unspecified atom stereocenters. The molecule has 3 aromatic rings. The maximum atomic E-state index is 12.8. The molecule has 30 heavy (non-hydrogen) atoms. The minimum atomic E-state index is -0.474. The first kappa shape index (κ1) is 20.1. The van der Waals surface area contributed by atoms with E-state index >= 15 is 0 Å². The van der Waals surface area contributed by atoms with E-state index < -0.39 is 6.10 Å². The van der Waals surface area contributed by atoms with Gasteiger partial charge in [0.1, 0.15) is 17.9 Å². The van der Waals surface area contributed by atoms with E-state index in [0.29, 0.717) is 5.92 Å². The summed E-state index contributed by atoms with van der Waals surface area (Å²) in [5.41, 5.74) is 1.24. The predicted octanol–water partition coefficient (Wildman–Crippen LogP) is 3.58. The van der Waals surface area contributed by atoms with E-state index in [1.807, 2.05) is 54.5 Å². The van der Waals surface area contributed by atoms with Crippen molar-refractivity contribution in [3.8, 4) is 5.75 Å². The number of carbonyl (C=O) groups excluding carboxylic acids is 1. The number of aromatic nitrogens is 3. The van der Waals surface area contributed by atoms with Gasteiger partial charge in [0.25, 0.3) is 5.91 Å². The number of carbonyl (C=O) groups is 1. The van der Waals surface area contributed by atoms with Gasteiger partial charge in [0.15, 0.2) is 6.10 Å². The first-order chi connectivity index (χ1) is 14.7. The van der Waals surface area contributed by atoms with Crippen LogP contribution in [-0.4, -0.2) is 44.8 Å². The molecular formula is C24H28N4O2. The first-order valence-electron chi connectivity index (χ1n) is 10.6. The van der Waals surface area contributed by atoms with Crippen LogP contribution in [0, 0.1) is 5.92 Å². The molecule has 0 bridgehead atoms. The smallest absolute Gasteiger partial charge is 0.263 e. The van der Waals surface area contributed by atoms with Gasteiger partial charge < -0.3 is 14.2 Å². The molecule has 156 valence electrons. The van der Waals surface area contributed by atoms with Gasteiger partial charge in [0.2, 0.25) is 0 Å². The Bertz CT molecular complexity index is 934. The molecule has 1 amide bonds. The van der Waals surface area contributed by atoms with Gasteiger partial charge in [0.05, 0.1) is 6.54 Å². The minimum absolute atomic E-state index is 0.0598. The van der Waals surface area contributed by atoms with Crippen LogP contribution in [0.4, 0.5) is 0 Å². The molecule has 0 radical (unpaired) electrons. The van der Waals surface area contributed by atoms with Crippen molar-refractivity contribution in [2.24, 2.45) is 5.92 Å². The molecule has 1 aliphatic rings. The van der Waals surface area contributed by atoms with E-state index in [-0.39, 0.29) is 5.91 Å². The van der Waals surface area contributed by atoms with E-state index in [1.54, 1.807) is 0 Å². The van der Waals surface area contributed by atoms with Crippen LogP contribution in [0.15, 0.2) is 67.0 Å². The average molecular weight is 405 g/mol. The predicted molar refractivity (Wildman–Crippen MR) is 115 cm³/mol. The van der Waals surface area contributed by atoms with Crippen LogP contribution in [0.25, 0.3) is 0 Å². The average Bonchev–Trinajstić information content (AvgIpc) is 3.21. The molecule has 1 aliphatic heterocycles. The highest BCUT2D eigenvalue weighted by Gasteiger charge is 2.27. The van der Waals surface area contributed by atoms with Crippen molar-refractivity contribution in [3.05, 3.63) is 78.4 Å². The lowest BCUT2D eigenvalue weighted by Gasteiger charge is -2.33. The lowest BCUT2D eigenvalue weighted by molar-refractivity contribution is -0.139. The standard InChI is InChI=1S/C24H28N4O2/c1-19(30-22-10-6-3-7-11-22)24(29)27-14-12-20(13-15-27)16-23-26-25-18-28(23)17-21-8-4-2-5-9-21/h2-11,18-20H,12-17H2,1H3. The van der Waals surface area contributed by atoms with E-state index in [9.17, 15) is 4.79 Å². The van der Waals surface area contributed by atoms with Gasteiger partial charge in [-0.25, -0.2) is 0 Å². The molecule has 1 saturated heterocycles. The Morgan fingerprint density at radius 2 is 1.73 bits per heavy atom. The van der Waals surface area contributed by atoms with Crippen molar-refractivity contribution in [3.63, 3.8) is 0 Å². The van der Waals surface area contributed by atoms with E-state index in [0.717, 1.165) is 50.5 Å². The van der Waals surface area contributed by atoms with Gasteiger partial charge in [-0.1, -0.05) is 48.5 Å². The molecule has 1 atom stereocenters. The van der Waals surface area contributed by atoms with Crippen molar-refractivity contribution in [2.75, 3.05) is 13.1 Å². The summed E-state index contributed by atoms with van der Waals surface area (Å²) in [6, 6.07) is 19.9. The zero-order valence-electron chi connectivity index (χ0n) is 17.4. The molecule has 4 rings (SSSR count). The molecular weight excluding hydrogens is 376 g/mol. The molecule has 0 aliphatic carbocycles. The number of piperidine rings is 1. The third kappa shape index (κ3) is 5.06. The van der Waals surface area contributed by atoms with Crippen LogP contribution in [0.5, 0.6) is 5.75 Å². The Kier molecular flexibility index (Phi) is 6.42. The largest absolute Gasteiger partial charge is 0.481 e. The second kappa shape index (κ2) is 9.57. The maximum Gasteiger partial charge on any atom is 0.263 e. The number of amides is 1. The zero-order valence-corrected chi connectivity index (χ0v) is 17.4. The molecule has 6 heteroatoms. The third-order valence-corrected chi connectivity index (χ3v) is 5.69. The van der Waals surface area contributed by atoms with Crippen LogP contribution in [-0.2, 0) is 17.8 Å². The highest BCUT2D eigenvalue weighted by atomic mass is 16.5. The minimum Gasteiger partial charge on any atom is -0.481 e.